The molecular formula is C37H27N3O. The summed E-state index contributed by atoms with van der Waals surface area (Å²) >= 11 is 0. The monoisotopic (exact) mass is 529 g/mol. The molecule has 7 rings (SSSR count). The van der Waals surface area contributed by atoms with Gasteiger partial charge in [-0.05, 0) is 84.9 Å². The molecule has 0 amide bonds. The molecule has 0 aliphatic heterocycles. The molecule has 0 aliphatic carbocycles. The van der Waals surface area contributed by atoms with E-state index in [9.17, 15) is 0 Å². The van der Waals surface area contributed by atoms with Gasteiger partial charge >= 0.3 is 0 Å². The zero-order valence-corrected chi connectivity index (χ0v) is 22.3. The van der Waals surface area contributed by atoms with Gasteiger partial charge in [0.2, 0.25) is 5.89 Å². The molecule has 0 fully saturated rings. The highest BCUT2D eigenvalue weighted by atomic mass is 16.3. The smallest absolute Gasteiger partial charge is 0.227 e. The van der Waals surface area contributed by atoms with Gasteiger partial charge in [-0.3, -0.25) is 0 Å². The minimum absolute atomic E-state index is 0.598. The second-order valence-electron chi connectivity index (χ2n) is 9.73. The van der Waals surface area contributed by atoms with Gasteiger partial charge in [0, 0.05) is 45.8 Å². The molecule has 0 saturated carbocycles. The first-order valence-corrected chi connectivity index (χ1v) is 13.6. The highest BCUT2D eigenvalue weighted by Gasteiger charge is 2.16. The molecule has 0 aliphatic rings. The lowest BCUT2D eigenvalue weighted by Gasteiger charge is -2.25. The Labute approximate surface area is 239 Å². The largest absolute Gasteiger partial charge is 0.436 e. The van der Waals surface area contributed by atoms with Crippen molar-refractivity contribution in [1.82, 2.24) is 4.98 Å². The van der Waals surface area contributed by atoms with E-state index in [1.165, 1.54) is 0 Å². The van der Waals surface area contributed by atoms with E-state index in [4.69, 9.17) is 9.40 Å². The normalized spacial score (nSPS) is 10.9. The Morgan fingerprint density at radius 3 is 1.24 bits per heavy atom. The number of nitrogens with zero attached hydrogens (tertiary/aromatic N) is 3. The average molecular weight is 530 g/mol. The maximum Gasteiger partial charge on any atom is 0.227 e. The lowest BCUT2D eigenvalue weighted by Crippen LogP contribution is -2.09. The molecule has 0 bridgehead atoms. The first kappa shape index (κ1) is 24.4. The molecule has 6 aromatic carbocycles. The van der Waals surface area contributed by atoms with Gasteiger partial charge in [-0.15, -0.1) is 0 Å². The Bertz CT molecular complexity index is 1790. The lowest BCUT2D eigenvalue weighted by atomic mass is 10.1. The van der Waals surface area contributed by atoms with Gasteiger partial charge < -0.3 is 14.2 Å². The highest BCUT2D eigenvalue weighted by Crippen LogP contribution is 2.38. The van der Waals surface area contributed by atoms with Crippen molar-refractivity contribution in [2.75, 3.05) is 9.80 Å². The molecule has 0 atom stereocenters. The summed E-state index contributed by atoms with van der Waals surface area (Å²) in [4.78, 5) is 9.28. The van der Waals surface area contributed by atoms with E-state index in [1.54, 1.807) is 0 Å². The molecule has 196 valence electrons. The van der Waals surface area contributed by atoms with Gasteiger partial charge in [0.05, 0.1) is 0 Å². The molecule has 7 aromatic rings. The van der Waals surface area contributed by atoms with Crippen LogP contribution in [0.4, 0.5) is 34.1 Å². The zero-order chi connectivity index (χ0) is 27.4. The first-order valence-electron chi connectivity index (χ1n) is 13.6. The summed E-state index contributed by atoms with van der Waals surface area (Å²) in [6.45, 7) is 0. The molecule has 0 unspecified atom stereocenters. The number of hydrogen-bond donors (Lipinski definition) is 0. The van der Waals surface area contributed by atoms with E-state index in [-0.39, 0.29) is 0 Å². The van der Waals surface area contributed by atoms with Crippen molar-refractivity contribution in [3.63, 3.8) is 0 Å². The topological polar surface area (TPSA) is 32.5 Å². The number of rotatable bonds is 7. The fourth-order valence-electron chi connectivity index (χ4n) is 5.13. The van der Waals surface area contributed by atoms with Crippen LogP contribution in [0.5, 0.6) is 0 Å². The van der Waals surface area contributed by atoms with E-state index >= 15 is 0 Å². The maximum absolute atomic E-state index is 6.33. The quantitative estimate of drug-likeness (QED) is 0.206. The van der Waals surface area contributed by atoms with Crippen LogP contribution in [0.25, 0.3) is 22.6 Å². The van der Waals surface area contributed by atoms with E-state index < -0.39 is 0 Å². The van der Waals surface area contributed by atoms with E-state index in [0.29, 0.717) is 5.89 Å². The third kappa shape index (κ3) is 4.95. The maximum atomic E-state index is 6.33. The third-order valence-electron chi connectivity index (χ3n) is 7.06. The highest BCUT2D eigenvalue weighted by molar-refractivity contribution is 5.85. The first-order chi connectivity index (χ1) is 20.3. The Hall–Kier alpha value is -5.61. The SMILES string of the molecule is c1ccc(N(c2ccccc2)c2ccc(-c3nc4ccc(N(c5ccccc5)c5ccccc5)cc4o3)cc2)cc1. The van der Waals surface area contributed by atoms with Crippen LogP contribution >= 0.6 is 0 Å². The minimum atomic E-state index is 0.598. The molecule has 1 heterocycles. The van der Waals surface area contributed by atoms with E-state index in [0.717, 1.165) is 50.8 Å². The standard InChI is InChI=1S/C37H27N3O/c1-5-13-29(14-6-1)39(30-15-7-2-8-16-30)33-23-21-28(22-24-33)37-38-35-26-25-34(27-36(35)41-37)40(31-17-9-3-10-18-31)32-19-11-4-12-20-32/h1-27H. The molecule has 0 N–H and O–H groups in total. The number of aromatic nitrogens is 1. The predicted molar refractivity (Wildman–Crippen MR) is 169 cm³/mol. The number of fused-ring (bicyclic) bond motifs is 1. The lowest BCUT2D eigenvalue weighted by molar-refractivity contribution is 0.620. The summed E-state index contributed by atoms with van der Waals surface area (Å²) in [5.74, 6) is 0.598. The van der Waals surface area contributed by atoms with Crippen LogP contribution in [0.3, 0.4) is 0 Å². The summed E-state index contributed by atoms with van der Waals surface area (Å²) in [5, 5.41) is 0. The molecule has 4 heteroatoms. The number of anilines is 6. The summed E-state index contributed by atoms with van der Waals surface area (Å²) in [7, 11) is 0. The minimum Gasteiger partial charge on any atom is -0.436 e. The summed E-state index contributed by atoms with van der Waals surface area (Å²) in [5.41, 5.74) is 8.92. The van der Waals surface area contributed by atoms with Gasteiger partial charge in [0.1, 0.15) is 5.52 Å². The Kier molecular flexibility index (Phi) is 6.48. The van der Waals surface area contributed by atoms with Crippen molar-refractivity contribution >= 4 is 45.2 Å². The van der Waals surface area contributed by atoms with Crippen LogP contribution in [0.15, 0.2) is 168 Å². The van der Waals surface area contributed by atoms with Crippen LogP contribution in [0.2, 0.25) is 0 Å². The fraction of sp³-hybridized carbons (Fsp3) is 0. The second-order valence-corrected chi connectivity index (χ2v) is 9.73. The van der Waals surface area contributed by atoms with Gasteiger partial charge in [-0.25, -0.2) is 4.98 Å². The Morgan fingerprint density at radius 2 is 0.780 bits per heavy atom. The molecule has 0 saturated heterocycles. The zero-order valence-electron chi connectivity index (χ0n) is 22.3. The van der Waals surface area contributed by atoms with Crippen molar-refractivity contribution in [3.05, 3.63) is 164 Å². The van der Waals surface area contributed by atoms with Crippen molar-refractivity contribution in [3.8, 4) is 11.5 Å². The van der Waals surface area contributed by atoms with Gasteiger partial charge in [-0.2, -0.15) is 0 Å². The number of oxazole rings is 1. The summed E-state index contributed by atoms with van der Waals surface area (Å²) < 4.78 is 6.33. The number of benzene rings is 6. The number of para-hydroxylation sites is 4. The molecule has 41 heavy (non-hydrogen) atoms. The van der Waals surface area contributed by atoms with Crippen LogP contribution in [0, 0.1) is 0 Å². The summed E-state index contributed by atoms with van der Waals surface area (Å²) in [6, 6.07) is 56.0. The average Bonchev–Trinajstić information content (AvgIpc) is 3.48. The van der Waals surface area contributed by atoms with Crippen LogP contribution in [0.1, 0.15) is 0 Å². The van der Waals surface area contributed by atoms with Gasteiger partial charge in [0.25, 0.3) is 0 Å². The van der Waals surface area contributed by atoms with Crippen LogP contribution in [-0.4, -0.2) is 4.98 Å². The van der Waals surface area contributed by atoms with Crippen LogP contribution < -0.4 is 9.80 Å². The van der Waals surface area contributed by atoms with Gasteiger partial charge in [0.15, 0.2) is 5.58 Å². The number of hydrogen-bond acceptors (Lipinski definition) is 4. The molecular weight excluding hydrogens is 502 g/mol. The Morgan fingerprint density at radius 1 is 0.390 bits per heavy atom. The van der Waals surface area contributed by atoms with Crippen molar-refractivity contribution in [2.45, 2.75) is 0 Å². The summed E-state index contributed by atoms with van der Waals surface area (Å²) in [6.07, 6.45) is 0. The predicted octanol–water partition coefficient (Wildman–Crippen LogP) is 10.4. The van der Waals surface area contributed by atoms with Crippen molar-refractivity contribution < 1.29 is 4.42 Å². The second kappa shape index (κ2) is 10.9. The third-order valence-corrected chi connectivity index (χ3v) is 7.06. The van der Waals surface area contributed by atoms with Gasteiger partial charge in [-0.1, -0.05) is 72.8 Å². The van der Waals surface area contributed by atoms with E-state index in [2.05, 4.69) is 143 Å². The molecule has 0 spiro atoms. The fourth-order valence-corrected chi connectivity index (χ4v) is 5.13. The van der Waals surface area contributed by atoms with E-state index in [1.807, 2.05) is 30.3 Å². The molecule has 1 aromatic heterocycles. The molecule has 4 nitrogen and oxygen atoms in total. The van der Waals surface area contributed by atoms with Crippen molar-refractivity contribution in [2.24, 2.45) is 0 Å². The molecule has 0 radical (unpaired) electrons. The Balaban J connectivity index is 1.23. The van der Waals surface area contributed by atoms with Crippen molar-refractivity contribution in [1.29, 1.82) is 0 Å². The van der Waals surface area contributed by atoms with Crippen LogP contribution in [-0.2, 0) is 0 Å².